The molecule has 0 aromatic carbocycles. The minimum absolute atomic E-state index is 0. The third kappa shape index (κ3) is 26.4. The molecule has 0 aliphatic carbocycles. The van der Waals surface area contributed by atoms with Gasteiger partial charge in [0.2, 0.25) is 0 Å². The first kappa shape index (κ1) is 8.83. The quantitative estimate of drug-likeness (QED) is 0.417. The van der Waals surface area contributed by atoms with Crippen molar-refractivity contribution in [3.63, 3.8) is 0 Å². The van der Waals surface area contributed by atoms with Gasteiger partial charge in [0.15, 0.2) is 0 Å². The van der Waals surface area contributed by atoms with Gasteiger partial charge in [-0.25, -0.2) is 0 Å². The zero-order valence-electron chi connectivity index (χ0n) is 1.66. The lowest BCUT2D eigenvalue weighted by atomic mass is 11.3. The second kappa shape index (κ2) is 9.89. The van der Waals surface area contributed by atoms with Gasteiger partial charge in [0.25, 0.3) is 0 Å². The molecular weight excluding hydrogens is 132 g/mol. The Bertz CT molecular complexity index is 13.5. The Morgan fingerprint density at radius 3 is 1.75 bits per heavy atom. The second-order valence-corrected chi connectivity index (χ2v) is 0.802. The molecule has 0 nitrogen and oxygen atoms in total. The summed E-state index contributed by atoms with van der Waals surface area (Å²) in [6, 6.07) is 0. The normalized spacial score (nSPS) is 3.25. The predicted molar refractivity (Wildman–Crippen MR) is 30.5 cm³/mol. The average molecular weight is 139 g/mol. The van der Waals surface area contributed by atoms with Gasteiger partial charge in [0.05, 0.1) is 0 Å². The number of hydrogen-bond donors (Lipinski definition) is 0. The summed E-state index contributed by atoms with van der Waals surface area (Å²) in [6.07, 6.45) is 0. The predicted octanol–water partition coefficient (Wildman–Crippen LogP) is 0.0732. The van der Waals surface area contributed by atoms with Crippen LogP contribution in [0, 0.1) is 0 Å². The molecule has 0 atom stereocenters. The summed E-state index contributed by atoms with van der Waals surface area (Å²) in [4.78, 5) is 1.56. The third-order valence-corrected chi connectivity index (χ3v) is 0. The summed E-state index contributed by atoms with van der Waals surface area (Å²) in [6.45, 7) is 3.28. The highest BCUT2D eigenvalue weighted by molar-refractivity contribution is 9.11. The number of hydrogen-bond acceptors (Lipinski definition) is 0. The average Bonchev–Trinajstić information content (AvgIpc) is 0.918. The van der Waals surface area contributed by atoms with Crippen molar-refractivity contribution in [1.82, 2.24) is 0 Å². The van der Waals surface area contributed by atoms with Gasteiger partial charge >= 0.3 is 0 Å². The summed E-state index contributed by atoms with van der Waals surface area (Å²) in [5.74, 6) is 0. The minimum Gasteiger partial charge on any atom is -0.0921 e. The van der Waals surface area contributed by atoms with Crippen LogP contribution in [0.1, 0.15) is 0 Å². The van der Waals surface area contributed by atoms with E-state index in [-0.39, 0.29) is 11.0 Å². The first-order valence-electron chi connectivity index (χ1n) is 0.626. The lowest BCUT2D eigenvalue weighted by Gasteiger charge is -1.27. The van der Waals surface area contributed by atoms with Crippen LogP contribution in [-0.4, -0.2) is 11.0 Å². The van der Waals surface area contributed by atoms with Crippen LogP contribution in [0.4, 0.5) is 0 Å². The van der Waals surface area contributed by atoms with Crippen LogP contribution in [0.25, 0.3) is 0 Å². The van der Waals surface area contributed by atoms with Crippen LogP contribution < -0.4 is 0 Å². The van der Waals surface area contributed by atoms with Crippen molar-refractivity contribution < 1.29 is 0 Å². The van der Waals surface area contributed by atoms with Gasteiger partial charge in [0, 0.05) is 0 Å². The van der Waals surface area contributed by atoms with Crippen molar-refractivity contribution >= 4 is 26.9 Å². The summed E-state index contributed by atoms with van der Waals surface area (Å²) in [7, 11) is 0. The standard InChI is InChI=1S/C2H3Br.H4Si/c1-2-3;/h2H,1H2;1H4. The van der Waals surface area contributed by atoms with Gasteiger partial charge in [-0.3, -0.25) is 0 Å². The molecule has 26 valence electrons. The molecule has 0 rings (SSSR count). The minimum atomic E-state index is 0. The van der Waals surface area contributed by atoms with Crippen LogP contribution in [-0.2, 0) is 0 Å². The Hall–Kier alpha value is 0.437. The molecule has 0 aromatic rings. The van der Waals surface area contributed by atoms with Gasteiger partial charge in [-0.05, 0) is 16.0 Å². The van der Waals surface area contributed by atoms with Gasteiger partial charge in [-0.2, -0.15) is 0 Å². The van der Waals surface area contributed by atoms with Crippen LogP contribution >= 0.6 is 15.9 Å². The maximum Gasteiger partial charge on any atom is -0.0149 e. The van der Waals surface area contributed by atoms with E-state index in [0.717, 1.165) is 0 Å². The van der Waals surface area contributed by atoms with Crippen LogP contribution in [0.5, 0.6) is 0 Å². The lowest BCUT2D eigenvalue weighted by molar-refractivity contribution is 2.72. The fourth-order valence-electron chi connectivity index (χ4n) is 0. The molecule has 0 N–H and O–H groups in total. The Kier molecular flexibility index (Phi) is 21.8. The van der Waals surface area contributed by atoms with E-state index in [4.69, 9.17) is 0 Å². The molecule has 4 heavy (non-hydrogen) atoms. The zero-order chi connectivity index (χ0) is 2.71. The largest absolute Gasteiger partial charge is 0.0921 e. The van der Waals surface area contributed by atoms with E-state index in [1.165, 1.54) is 0 Å². The van der Waals surface area contributed by atoms with Crippen molar-refractivity contribution in [2.45, 2.75) is 0 Å². The van der Waals surface area contributed by atoms with Gasteiger partial charge in [-0.15, -0.1) is 0 Å². The molecular formula is C2H7BrSi. The molecule has 0 radical (unpaired) electrons. The van der Waals surface area contributed by atoms with Crippen LogP contribution in [0.2, 0.25) is 0 Å². The monoisotopic (exact) mass is 138 g/mol. The Balaban J connectivity index is 0. The smallest absolute Gasteiger partial charge is 0.0149 e. The summed E-state index contributed by atoms with van der Waals surface area (Å²) in [5.41, 5.74) is 0. The van der Waals surface area contributed by atoms with E-state index in [2.05, 4.69) is 22.5 Å². The molecule has 0 fully saturated rings. The Morgan fingerprint density at radius 2 is 1.75 bits per heavy atom. The first-order valence-corrected chi connectivity index (χ1v) is 1.54. The highest BCUT2D eigenvalue weighted by atomic mass is 79.9. The van der Waals surface area contributed by atoms with E-state index < -0.39 is 0 Å². The summed E-state index contributed by atoms with van der Waals surface area (Å²) in [5, 5.41) is 0. The van der Waals surface area contributed by atoms with Crippen molar-refractivity contribution in [3.05, 3.63) is 11.6 Å². The second-order valence-electron chi connectivity index (χ2n) is 0.154. The molecule has 0 amide bonds. The maximum absolute atomic E-state index is 3.28. The van der Waals surface area contributed by atoms with E-state index in [9.17, 15) is 0 Å². The van der Waals surface area contributed by atoms with Gasteiger partial charge in [-0.1, -0.05) is 22.5 Å². The summed E-state index contributed by atoms with van der Waals surface area (Å²) >= 11 is 2.91. The molecule has 0 unspecified atom stereocenters. The molecule has 0 heterocycles. The fourth-order valence-corrected chi connectivity index (χ4v) is 0. The van der Waals surface area contributed by atoms with Crippen LogP contribution in [0.3, 0.4) is 0 Å². The SMILES string of the molecule is C=CBr.[SiH4]. The topological polar surface area (TPSA) is 0 Å². The third-order valence-electron chi connectivity index (χ3n) is 0. The molecule has 2 heteroatoms. The molecule has 0 aromatic heterocycles. The van der Waals surface area contributed by atoms with E-state index >= 15 is 0 Å². The molecule has 0 saturated carbocycles. The molecule has 0 bridgehead atoms. The maximum atomic E-state index is 3.28. The molecule has 0 spiro atoms. The van der Waals surface area contributed by atoms with E-state index in [1.54, 1.807) is 4.99 Å². The van der Waals surface area contributed by atoms with Crippen molar-refractivity contribution in [1.29, 1.82) is 0 Å². The van der Waals surface area contributed by atoms with E-state index in [0.29, 0.717) is 0 Å². The highest BCUT2D eigenvalue weighted by Gasteiger charge is 1.18. The highest BCUT2D eigenvalue weighted by Crippen LogP contribution is 1.68. The summed E-state index contributed by atoms with van der Waals surface area (Å²) < 4.78 is 0. The van der Waals surface area contributed by atoms with Gasteiger partial charge in [0.1, 0.15) is 0 Å². The number of halogens is 1. The van der Waals surface area contributed by atoms with Crippen LogP contribution in [0.15, 0.2) is 11.6 Å². The Morgan fingerprint density at radius 1 is 1.75 bits per heavy atom. The van der Waals surface area contributed by atoms with Crippen molar-refractivity contribution in [3.8, 4) is 0 Å². The zero-order valence-corrected chi connectivity index (χ0v) is 3.25. The number of rotatable bonds is 0. The van der Waals surface area contributed by atoms with Crippen molar-refractivity contribution in [2.24, 2.45) is 0 Å². The van der Waals surface area contributed by atoms with E-state index in [1.807, 2.05) is 0 Å². The molecule has 0 aliphatic rings. The molecule has 0 aliphatic heterocycles. The Labute approximate surface area is 39.1 Å². The van der Waals surface area contributed by atoms with Crippen molar-refractivity contribution in [2.75, 3.05) is 0 Å². The lowest BCUT2D eigenvalue weighted by Crippen LogP contribution is -0.895. The van der Waals surface area contributed by atoms with Gasteiger partial charge < -0.3 is 0 Å². The first-order chi connectivity index (χ1) is 1.41. The fraction of sp³-hybridized carbons (Fsp3) is 0. The molecule has 0 saturated heterocycles.